The van der Waals surface area contributed by atoms with Crippen LogP contribution in [0.2, 0.25) is 0 Å². The molecule has 4 rings (SSSR count). The van der Waals surface area contributed by atoms with E-state index in [0.717, 1.165) is 32.1 Å². The van der Waals surface area contributed by atoms with Crippen LogP contribution in [0, 0.1) is 34.5 Å². The first-order valence-electron chi connectivity index (χ1n) is 13.5. The van der Waals surface area contributed by atoms with Crippen LogP contribution in [0.5, 0.6) is 0 Å². The highest BCUT2D eigenvalue weighted by atomic mass is 32.1. The van der Waals surface area contributed by atoms with Gasteiger partial charge >= 0.3 is 0 Å². The molecule has 1 amide bonds. The maximum atomic E-state index is 14.2. The van der Waals surface area contributed by atoms with E-state index in [1.165, 1.54) is 18.4 Å². The van der Waals surface area contributed by atoms with Crippen molar-refractivity contribution in [2.24, 2.45) is 34.5 Å². The van der Waals surface area contributed by atoms with E-state index in [-0.39, 0.29) is 33.7 Å². The Bertz CT molecular complexity index is 910. The first-order chi connectivity index (χ1) is 15.6. The molecule has 3 saturated carbocycles. The Morgan fingerprint density at radius 2 is 1.68 bits per heavy atom. The molecule has 0 aromatic carbocycles. The van der Waals surface area contributed by atoms with Crippen LogP contribution in [0.3, 0.4) is 0 Å². The van der Waals surface area contributed by atoms with Gasteiger partial charge in [0, 0.05) is 23.4 Å². The number of rotatable bonds is 1. The van der Waals surface area contributed by atoms with Crippen LogP contribution in [0.15, 0.2) is 11.6 Å². The highest BCUT2D eigenvalue weighted by Gasteiger charge is 2.61. The summed E-state index contributed by atoms with van der Waals surface area (Å²) in [6.45, 7) is 17.4. The molecule has 0 aromatic rings. The largest absolute Gasteiger partial charge is 0.358 e. The predicted molar refractivity (Wildman–Crippen MR) is 142 cm³/mol. The van der Waals surface area contributed by atoms with Crippen molar-refractivity contribution in [1.82, 2.24) is 10.2 Å². The molecule has 4 aliphatic rings. The van der Waals surface area contributed by atoms with Gasteiger partial charge in [0.15, 0.2) is 10.9 Å². The number of carbonyl (C=O) groups is 2. The van der Waals surface area contributed by atoms with Gasteiger partial charge in [-0.25, -0.2) is 0 Å². The standard InChI is InChI=1S/C29H46N2O2S/c1-26(2,3)30-25(34)31(27(4,5)6)24(33)23-12-11-21-20-10-9-18-17-19(32)13-15-28(18,7)22(20)14-16-29(21,23)8/h17,20-23H,9-16H2,1-8H3,(H,30,34)/t20-,21-,22-,23+,28-,29-/m0/s1. The van der Waals surface area contributed by atoms with E-state index in [1.807, 2.05) is 11.0 Å². The summed E-state index contributed by atoms with van der Waals surface area (Å²) in [5, 5.41) is 3.96. The molecule has 190 valence electrons. The van der Waals surface area contributed by atoms with Gasteiger partial charge in [0.2, 0.25) is 5.91 Å². The quantitative estimate of drug-likeness (QED) is 0.434. The Kier molecular flexibility index (Phi) is 6.40. The third kappa shape index (κ3) is 4.29. The molecule has 0 radical (unpaired) electrons. The van der Waals surface area contributed by atoms with E-state index in [0.29, 0.717) is 35.1 Å². The van der Waals surface area contributed by atoms with Gasteiger partial charge in [0.25, 0.3) is 0 Å². The lowest BCUT2D eigenvalue weighted by Crippen LogP contribution is -2.60. The van der Waals surface area contributed by atoms with E-state index >= 15 is 0 Å². The average molecular weight is 487 g/mol. The average Bonchev–Trinajstić information content (AvgIpc) is 3.03. The van der Waals surface area contributed by atoms with Crippen LogP contribution >= 0.6 is 12.2 Å². The summed E-state index contributed by atoms with van der Waals surface area (Å²) in [6.07, 6.45) is 10.3. The molecule has 0 bridgehead atoms. The van der Waals surface area contributed by atoms with Gasteiger partial charge in [0.05, 0.1) is 0 Å². The number of hydrogen-bond acceptors (Lipinski definition) is 3. The summed E-state index contributed by atoms with van der Waals surface area (Å²) in [7, 11) is 0. The van der Waals surface area contributed by atoms with Crippen LogP contribution < -0.4 is 5.32 Å². The monoisotopic (exact) mass is 486 g/mol. The number of thiocarbonyl (C=S) groups is 1. The fraction of sp³-hybridized carbons (Fsp3) is 0.828. The molecule has 0 aromatic heterocycles. The maximum absolute atomic E-state index is 14.2. The summed E-state index contributed by atoms with van der Waals surface area (Å²) in [6, 6.07) is 0. The molecule has 3 fully saturated rings. The number of nitrogens with one attached hydrogen (secondary N) is 1. The molecule has 0 spiro atoms. The Balaban J connectivity index is 1.60. The minimum absolute atomic E-state index is 0.0232. The minimum Gasteiger partial charge on any atom is -0.358 e. The highest BCUT2D eigenvalue weighted by Crippen LogP contribution is 2.66. The summed E-state index contributed by atoms with van der Waals surface area (Å²) in [5.74, 6) is 2.45. The van der Waals surface area contributed by atoms with Crippen LogP contribution in [0.4, 0.5) is 0 Å². The second-order valence-electron chi connectivity index (χ2n) is 14.2. The predicted octanol–water partition coefficient (Wildman–Crippen LogP) is 6.43. The Morgan fingerprint density at radius 1 is 1.00 bits per heavy atom. The topological polar surface area (TPSA) is 49.4 Å². The molecule has 6 atom stereocenters. The van der Waals surface area contributed by atoms with Crippen LogP contribution in [0.25, 0.3) is 0 Å². The van der Waals surface area contributed by atoms with Gasteiger partial charge in [-0.15, -0.1) is 0 Å². The molecule has 4 aliphatic carbocycles. The lowest BCUT2D eigenvalue weighted by atomic mass is 9.47. The van der Waals surface area contributed by atoms with Crippen LogP contribution in [-0.2, 0) is 9.59 Å². The number of allylic oxidation sites excluding steroid dienone is 1. The zero-order chi connectivity index (χ0) is 25.3. The third-order valence-electron chi connectivity index (χ3n) is 9.84. The van der Waals surface area contributed by atoms with Gasteiger partial charge < -0.3 is 5.32 Å². The number of ketones is 1. The SMILES string of the molecule is CC(C)(C)NC(=S)N(C(=O)[C@H]1CC[C@H]2[C@@H]3CCC4=CC(=O)CC[C@]4(C)[C@H]3CC[C@]12C)C(C)(C)C. The van der Waals surface area contributed by atoms with E-state index in [2.05, 4.69) is 60.7 Å². The van der Waals surface area contributed by atoms with Gasteiger partial charge in [0.1, 0.15) is 0 Å². The van der Waals surface area contributed by atoms with E-state index in [1.54, 1.807) is 0 Å². The second-order valence-corrected chi connectivity index (χ2v) is 14.6. The van der Waals surface area contributed by atoms with Gasteiger partial charge in [-0.2, -0.15) is 0 Å². The van der Waals surface area contributed by atoms with Crippen molar-refractivity contribution >= 4 is 29.0 Å². The molecule has 34 heavy (non-hydrogen) atoms. The fourth-order valence-corrected chi connectivity index (χ4v) is 8.90. The Hall–Kier alpha value is -1.23. The smallest absolute Gasteiger partial charge is 0.232 e. The van der Waals surface area contributed by atoms with Crippen molar-refractivity contribution in [2.75, 3.05) is 0 Å². The summed E-state index contributed by atoms with van der Waals surface area (Å²) < 4.78 is 0. The van der Waals surface area contributed by atoms with Gasteiger partial charge in [-0.1, -0.05) is 19.4 Å². The van der Waals surface area contributed by atoms with Crippen molar-refractivity contribution in [2.45, 2.75) is 118 Å². The number of amides is 1. The third-order valence-corrected chi connectivity index (χ3v) is 10.1. The summed E-state index contributed by atoms with van der Waals surface area (Å²) in [5.41, 5.74) is 1.06. The zero-order valence-corrected chi connectivity index (χ0v) is 23.5. The molecule has 5 heteroatoms. The minimum atomic E-state index is -0.370. The lowest BCUT2D eigenvalue weighted by Gasteiger charge is -2.58. The van der Waals surface area contributed by atoms with Crippen molar-refractivity contribution in [3.8, 4) is 0 Å². The van der Waals surface area contributed by atoms with Crippen molar-refractivity contribution in [1.29, 1.82) is 0 Å². The van der Waals surface area contributed by atoms with Crippen LogP contribution in [0.1, 0.15) is 107 Å². The van der Waals surface area contributed by atoms with Crippen molar-refractivity contribution in [3.63, 3.8) is 0 Å². The summed E-state index contributed by atoms with van der Waals surface area (Å²) in [4.78, 5) is 28.2. The highest BCUT2D eigenvalue weighted by molar-refractivity contribution is 7.80. The van der Waals surface area contributed by atoms with E-state index in [9.17, 15) is 9.59 Å². The maximum Gasteiger partial charge on any atom is 0.232 e. The molecular formula is C29H46N2O2S. The molecule has 0 heterocycles. The second kappa shape index (κ2) is 8.42. The fourth-order valence-electron chi connectivity index (χ4n) is 8.23. The van der Waals surface area contributed by atoms with E-state index in [4.69, 9.17) is 12.2 Å². The summed E-state index contributed by atoms with van der Waals surface area (Å²) >= 11 is 5.81. The molecule has 0 aliphatic heterocycles. The van der Waals surface area contributed by atoms with Crippen molar-refractivity contribution in [3.05, 3.63) is 11.6 Å². The number of nitrogens with zero attached hydrogens (tertiary/aromatic N) is 1. The molecular weight excluding hydrogens is 440 g/mol. The first-order valence-corrected chi connectivity index (χ1v) is 13.9. The number of carbonyl (C=O) groups excluding carboxylic acids is 2. The van der Waals surface area contributed by atoms with E-state index < -0.39 is 0 Å². The molecule has 1 N–H and O–H groups in total. The normalized spacial score (nSPS) is 37.8. The van der Waals surface area contributed by atoms with Crippen LogP contribution in [-0.4, -0.2) is 32.8 Å². The number of hydrogen-bond donors (Lipinski definition) is 1. The lowest BCUT2D eigenvalue weighted by molar-refractivity contribution is -0.142. The van der Waals surface area contributed by atoms with Gasteiger partial charge in [-0.05, 0) is 133 Å². The number of fused-ring (bicyclic) bond motifs is 5. The van der Waals surface area contributed by atoms with Gasteiger partial charge in [-0.3, -0.25) is 14.5 Å². The molecule has 4 nitrogen and oxygen atoms in total. The Morgan fingerprint density at radius 3 is 2.29 bits per heavy atom. The first kappa shape index (κ1) is 25.9. The molecule has 0 unspecified atom stereocenters. The zero-order valence-electron chi connectivity index (χ0n) is 22.7. The Labute approximate surface area is 212 Å². The van der Waals surface area contributed by atoms with Crippen molar-refractivity contribution < 1.29 is 9.59 Å². The molecule has 0 saturated heterocycles.